The van der Waals surface area contributed by atoms with Gasteiger partial charge in [0.2, 0.25) is 5.91 Å². The minimum atomic E-state index is -0.137. The molecule has 1 aliphatic heterocycles. The lowest BCUT2D eigenvalue weighted by atomic mass is 9.95. The molecule has 0 aliphatic carbocycles. The predicted molar refractivity (Wildman–Crippen MR) is 99.1 cm³/mol. The van der Waals surface area contributed by atoms with Crippen molar-refractivity contribution in [1.82, 2.24) is 0 Å². The Hall–Kier alpha value is -3.40. The first-order valence-electron chi connectivity index (χ1n) is 8.05. The zero-order valence-electron chi connectivity index (χ0n) is 13.4. The van der Waals surface area contributed by atoms with Crippen LogP contribution in [0.15, 0.2) is 77.8 Å². The Morgan fingerprint density at radius 1 is 0.840 bits per heavy atom. The molecule has 4 nitrogen and oxygen atoms in total. The number of phenols is 1. The average Bonchev–Trinajstić information content (AvgIpc) is 2.80. The van der Waals surface area contributed by atoms with E-state index in [-0.39, 0.29) is 18.2 Å². The van der Waals surface area contributed by atoms with Crippen LogP contribution in [0.4, 0.5) is 5.69 Å². The quantitative estimate of drug-likeness (QED) is 0.750. The van der Waals surface area contributed by atoms with Crippen LogP contribution in [0.5, 0.6) is 5.75 Å². The highest BCUT2D eigenvalue weighted by molar-refractivity contribution is 6.19. The molecule has 0 fully saturated rings. The maximum atomic E-state index is 12.0. The SMILES string of the molecule is O=C1CN=C(c2ccccc2)c2cc(-c3ccccc3O)ccc2N1. The Kier molecular flexibility index (Phi) is 3.78. The van der Waals surface area contributed by atoms with Gasteiger partial charge in [-0.2, -0.15) is 0 Å². The van der Waals surface area contributed by atoms with Gasteiger partial charge in [0.15, 0.2) is 0 Å². The van der Waals surface area contributed by atoms with E-state index in [9.17, 15) is 9.90 Å². The Morgan fingerprint density at radius 3 is 2.40 bits per heavy atom. The summed E-state index contributed by atoms with van der Waals surface area (Å²) < 4.78 is 0. The van der Waals surface area contributed by atoms with Crippen molar-refractivity contribution >= 4 is 17.3 Å². The van der Waals surface area contributed by atoms with Crippen LogP contribution in [0.1, 0.15) is 11.1 Å². The number of aromatic hydroxyl groups is 1. The molecule has 3 aromatic carbocycles. The molecule has 4 rings (SSSR count). The van der Waals surface area contributed by atoms with Crippen molar-refractivity contribution in [3.63, 3.8) is 0 Å². The number of rotatable bonds is 2. The smallest absolute Gasteiger partial charge is 0.246 e. The molecule has 4 heteroatoms. The number of hydrogen-bond donors (Lipinski definition) is 2. The largest absolute Gasteiger partial charge is 0.507 e. The predicted octanol–water partition coefficient (Wildman–Crippen LogP) is 3.85. The molecular weight excluding hydrogens is 312 g/mol. The number of para-hydroxylation sites is 1. The molecule has 2 N–H and O–H groups in total. The number of nitrogens with zero attached hydrogens (tertiary/aromatic N) is 1. The number of benzodiazepines with no additional fused rings is 1. The third-order valence-corrected chi connectivity index (χ3v) is 4.19. The summed E-state index contributed by atoms with van der Waals surface area (Å²) in [6, 6.07) is 22.7. The van der Waals surface area contributed by atoms with E-state index >= 15 is 0 Å². The van der Waals surface area contributed by atoms with E-state index in [2.05, 4.69) is 10.3 Å². The van der Waals surface area contributed by atoms with Gasteiger partial charge in [-0.3, -0.25) is 9.79 Å². The lowest BCUT2D eigenvalue weighted by Crippen LogP contribution is -2.13. The summed E-state index contributed by atoms with van der Waals surface area (Å²) in [6.45, 7) is 0.0881. The van der Waals surface area contributed by atoms with Gasteiger partial charge in [0, 0.05) is 16.7 Å². The Balaban J connectivity index is 1.90. The first-order chi connectivity index (χ1) is 12.2. The number of benzene rings is 3. The van der Waals surface area contributed by atoms with Crippen LogP contribution < -0.4 is 5.32 Å². The average molecular weight is 328 g/mol. The summed E-state index contributed by atoms with van der Waals surface area (Å²) in [7, 11) is 0. The molecule has 0 spiro atoms. The van der Waals surface area contributed by atoms with E-state index in [4.69, 9.17) is 0 Å². The van der Waals surface area contributed by atoms with E-state index in [1.165, 1.54) is 0 Å². The summed E-state index contributed by atoms with van der Waals surface area (Å²) >= 11 is 0. The summed E-state index contributed by atoms with van der Waals surface area (Å²) in [5.41, 5.74) is 4.91. The highest BCUT2D eigenvalue weighted by Gasteiger charge is 2.19. The maximum absolute atomic E-state index is 12.0. The van der Waals surface area contributed by atoms with Gasteiger partial charge < -0.3 is 10.4 Å². The van der Waals surface area contributed by atoms with Crippen molar-refractivity contribution in [2.45, 2.75) is 0 Å². The van der Waals surface area contributed by atoms with Crippen molar-refractivity contribution in [3.05, 3.63) is 83.9 Å². The molecular formula is C21H16N2O2. The second-order valence-electron chi connectivity index (χ2n) is 5.86. The number of carbonyl (C=O) groups excluding carboxylic acids is 1. The van der Waals surface area contributed by atoms with Crippen molar-refractivity contribution in [2.24, 2.45) is 4.99 Å². The van der Waals surface area contributed by atoms with Gasteiger partial charge in [-0.1, -0.05) is 54.6 Å². The van der Waals surface area contributed by atoms with Gasteiger partial charge >= 0.3 is 0 Å². The lowest BCUT2D eigenvalue weighted by molar-refractivity contribution is -0.114. The molecule has 0 atom stereocenters. The number of carbonyl (C=O) groups is 1. The Labute approximate surface area is 145 Å². The van der Waals surface area contributed by atoms with E-state index in [1.54, 1.807) is 12.1 Å². The molecule has 0 aromatic heterocycles. The van der Waals surface area contributed by atoms with Crippen LogP contribution in [0, 0.1) is 0 Å². The van der Waals surface area contributed by atoms with Crippen LogP contribution in [0.25, 0.3) is 11.1 Å². The monoisotopic (exact) mass is 328 g/mol. The van der Waals surface area contributed by atoms with Gasteiger partial charge in [0.25, 0.3) is 0 Å². The number of amides is 1. The number of fused-ring (bicyclic) bond motifs is 1. The first-order valence-corrected chi connectivity index (χ1v) is 8.05. The fraction of sp³-hybridized carbons (Fsp3) is 0.0476. The van der Waals surface area contributed by atoms with Crippen molar-refractivity contribution in [1.29, 1.82) is 0 Å². The minimum Gasteiger partial charge on any atom is -0.507 e. The van der Waals surface area contributed by atoms with E-state index in [0.29, 0.717) is 0 Å². The minimum absolute atomic E-state index is 0.0881. The third-order valence-electron chi connectivity index (χ3n) is 4.19. The summed E-state index contributed by atoms with van der Waals surface area (Å²) in [5.74, 6) is 0.0841. The van der Waals surface area contributed by atoms with Crippen LogP contribution in [-0.2, 0) is 4.79 Å². The highest BCUT2D eigenvalue weighted by atomic mass is 16.3. The summed E-state index contributed by atoms with van der Waals surface area (Å²) in [4.78, 5) is 16.5. The number of nitrogens with one attached hydrogen (secondary N) is 1. The van der Waals surface area contributed by atoms with Gasteiger partial charge in [0.05, 0.1) is 11.4 Å². The van der Waals surface area contributed by atoms with E-state index in [0.717, 1.165) is 33.7 Å². The fourth-order valence-corrected chi connectivity index (χ4v) is 3.00. The highest BCUT2D eigenvalue weighted by Crippen LogP contribution is 2.33. The Bertz CT molecular complexity index is 978. The van der Waals surface area contributed by atoms with Crippen LogP contribution in [0.2, 0.25) is 0 Å². The maximum Gasteiger partial charge on any atom is 0.246 e. The normalized spacial score (nSPS) is 13.4. The molecule has 0 radical (unpaired) electrons. The lowest BCUT2D eigenvalue weighted by Gasteiger charge is -2.13. The van der Waals surface area contributed by atoms with Crippen molar-refractivity contribution < 1.29 is 9.90 Å². The summed E-state index contributed by atoms with van der Waals surface area (Å²) in [6.07, 6.45) is 0. The molecule has 3 aromatic rings. The number of phenolic OH excluding ortho intramolecular Hbond substituents is 1. The third kappa shape index (κ3) is 2.90. The Morgan fingerprint density at radius 2 is 1.60 bits per heavy atom. The molecule has 122 valence electrons. The molecule has 0 bridgehead atoms. The fourth-order valence-electron chi connectivity index (χ4n) is 3.00. The number of anilines is 1. The molecule has 1 amide bonds. The topological polar surface area (TPSA) is 61.7 Å². The standard InChI is InChI=1S/C21H16N2O2/c24-19-9-5-4-8-16(19)15-10-11-18-17(12-15)21(22-13-20(25)23-18)14-6-2-1-3-7-14/h1-12,24H,13H2,(H,23,25). The van der Waals surface area contributed by atoms with Gasteiger partial charge in [-0.15, -0.1) is 0 Å². The van der Waals surface area contributed by atoms with E-state index in [1.807, 2.05) is 60.7 Å². The second kappa shape index (κ2) is 6.24. The molecule has 0 saturated heterocycles. The summed E-state index contributed by atoms with van der Waals surface area (Å²) in [5, 5.41) is 13.0. The van der Waals surface area contributed by atoms with Crippen LogP contribution in [-0.4, -0.2) is 23.3 Å². The van der Waals surface area contributed by atoms with Crippen LogP contribution >= 0.6 is 0 Å². The molecule has 1 heterocycles. The van der Waals surface area contributed by atoms with Gasteiger partial charge in [0.1, 0.15) is 12.3 Å². The van der Waals surface area contributed by atoms with Gasteiger partial charge in [-0.05, 0) is 23.8 Å². The zero-order valence-corrected chi connectivity index (χ0v) is 13.4. The second-order valence-corrected chi connectivity index (χ2v) is 5.86. The number of aliphatic imine (C=N–C) groups is 1. The van der Waals surface area contributed by atoms with Crippen LogP contribution in [0.3, 0.4) is 0 Å². The molecule has 0 unspecified atom stereocenters. The zero-order chi connectivity index (χ0) is 17.2. The molecule has 1 aliphatic rings. The first kappa shape index (κ1) is 15.1. The molecule has 0 saturated carbocycles. The van der Waals surface area contributed by atoms with Gasteiger partial charge in [-0.25, -0.2) is 0 Å². The van der Waals surface area contributed by atoms with Crippen molar-refractivity contribution in [2.75, 3.05) is 11.9 Å². The van der Waals surface area contributed by atoms with Crippen molar-refractivity contribution in [3.8, 4) is 16.9 Å². The number of hydrogen-bond acceptors (Lipinski definition) is 3. The molecule has 25 heavy (non-hydrogen) atoms. The van der Waals surface area contributed by atoms with E-state index < -0.39 is 0 Å².